The third-order valence-electron chi connectivity index (χ3n) is 3.65. The van der Waals surface area contributed by atoms with Crippen LogP contribution < -0.4 is 4.74 Å². The van der Waals surface area contributed by atoms with Crippen LogP contribution in [0.25, 0.3) is 6.08 Å². The lowest BCUT2D eigenvalue weighted by molar-refractivity contribution is -0.130. The predicted molar refractivity (Wildman–Crippen MR) is 78.5 cm³/mol. The van der Waals surface area contributed by atoms with E-state index in [-0.39, 0.29) is 12.5 Å². The Morgan fingerprint density at radius 2 is 2.30 bits per heavy atom. The van der Waals surface area contributed by atoms with Crippen LogP contribution in [-0.2, 0) is 4.79 Å². The number of nitrogens with zero attached hydrogens (tertiary/aromatic N) is 1. The molecule has 0 radical (unpaired) electrons. The smallest absolute Gasteiger partial charge is 0.246 e. The Kier molecular flexibility index (Phi) is 5.18. The van der Waals surface area contributed by atoms with Gasteiger partial charge >= 0.3 is 0 Å². The minimum Gasteiger partial charge on any atom is -0.497 e. The number of hydrogen-bond acceptors (Lipinski definition) is 3. The molecule has 20 heavy (non-hydrogen) atoms. The van der Waals surface area contributed by atoms with Crippen molar-refractivity contribution in [2.45, 2.75) is 25.3 Å². The van der Waals surface area contributed by atoms with Gasteiger partial charge in [-0.05, 0) is 43.0 Å². The van der Waals surface area contributed by atoms with E-state index in [1.165, 1.54) is 6.42 Å². The number of hydrogen-bond donors (Lipinski definition) is 1. The number of amides is 1. The molecular weight excluding hydrogens is 254 g/mol. The average Bonchev–Trinajstić information content (AvgIpc) is 2.42. The zero-order valence-electron chi connectivity index (χ0n) is 11.8. The van der Waals surface area contributed by atoms with E-state index in [1.807, 2.05) is 24.3 Å². The molecule has 2 rings (SSSR count). The fraction of sp³-hybridized carbons (Fsp3) is 0.438. The summed E-state index contributed by atoms with van der Waals surface area (Å²) in [7, 11) is 1.62. The number of methoxy groups -OCH3 is 1. The van der Waals surface area contributed by atoms with Crippen LogP contribution in [0.1, 0.15) is 24.8 Å². The summed E-state index contributed by atoms with van der Waals surface area (Å²) >= 11 is 0. The molecule has 0 aliphatic heterocycles. The normalized spacial score (nSPS) is 15.1. The molecule has 0 aromatic heterocycles. The van der Waals surface area contributed by atoms with Crippen molar-refractivity contribution in [1.29, 1.82) is 0 Å². The number of carbonyl (C=O) groups excluding carboxylic acids is 1. The molecule has 1 amide bonds. The molecule has 1 aromatic rings. The highest BCUT2D eigenvalue weighted by Gasteiger charge is 2.26. The van der Waals surface area contributed by atoms with E-state index in [0.717, 1.165) is 24.2 Å². The molecule has 4 heteroatoms. The van der Waals surface area contributed by atoms with Crippen molar-refractivity contribution in [3.8, 4) is 5.75 Å². The maximum atomic E-state index is 12.2. The first kappa shape index (κ1) is 14.6. The van der Waals surface area contributed by atoms with Crippen molar-refractivity contribution >= 4 is 12.0 Å². The lowest BCUT2D eigenvalue weighted by atomic mass is 9.91. The molecule has 1 fully saturated rings. The zero-order chi connectivity index (χ0) is 14.4. The van der Waals surface area contributed by atoms with Gasteiger partial charge in [0.05, 0.1) is 13.7 Å². The molecule has 108 valence electrons. The van der Waals surface area contributed by atoms with Gasteiger partial charge in [0.2, 0.25) is 5.91 Å². The average molecular weight is 275 g/mol. The Labute approximate surface area is 119 Å². The number of ether oxygens (including phenoxy) is 1. The largest absolute Gasteiger partial charge is 0.497 e. The molecule has 0 spiro atoms. The highest BCUT2D eigenvalue weighted by atomic mass is 16.5. The molecule has 0 bridgehead atoms. The zero-order valence-corrected chi connectivity index (χ0v) is 11.8. The maximum Gasteiger partial charge on any atom is 0.246 e. The summed E-state index contributed by atoms with van der Waals surface area (Å²) in [6.07, 6.45) is 6.60. The summed E-state index contributed by atoms with van der Waals surface area (Å²) in [4.78, 5) is 14.0. The van der Waals surface area contributed by atoms with Crippen LogP contribution >= 0.6 is 0 Å². The predicted octanol–water partition coefficient (Wildman–Crippen LogP) is 2.08. The standard InChI is InChI=1S/C16H21NO3/c1-20-15-7-2-4-13(12-15)8-9-16(19)17(10-11-18)14-5-3-6-14/h2,4,7-9,12,14,18H,3,5-6,10-11H2,1H3/b9-8+. The van der Waals surface area contributed by atoms with Gasteiger partial charge in [0.25, 0.3) is 0 Å². The Bertz CT molecular complexity index is 480. The third-order valence-corrected chi connectivity index (χ3v) is 3.65. The van der Waals surface area contributed by atoms with E-state index in [1.54, 1.807) is 24.2 Å². The van der Waals surface area contributed by atoms with Gasteiger partial charge in [0.15, 0.2) is 0 Å². The summed E-state index contributed by atoms with van der Waals surface area (Å²) in [6, 6.07) is 7.85. The van der Waals surface area contributed by atoms with Gasteiger partial charge in [0.1, 0.15) is 5.75 Å². The molecule has 0 heterocycles. The van der Waals surface area contributed by atoms with Gasteiger partial charge in [-0.25, -0.2) is 0 Å². The Morgan fingerprint density at radius 3 is 2.90 bits per heavy atom. The number of carbonyl (C=O) groups is 1. The summed E-state index contributed by atoms with van der Waals surface area (Å²) in [5.41, 5.74) is 0.926. The molecule has 1 aliphatic rings. The summed E-state index contributed by atoms with van der Waals surface area (Å²) in [5.74, 6) is 0.734. The fourth-order valence-electron chi connectivity index (χ4n) is 2.29. The molecule has 1 aromatic carbocycles. The van der Waals surface area contributed by atoms with E-state index in [9.17, 15) is 4.79 Å². The molecule has 1 N–H and O–H groups in total. The highest BCUT2D eigenvalue weighted by molar-refractivity contribution is 5.92. The van der Waals surface area contributed by atoms with Crippen molar-refractivity contribution in [3.05, 3.63) is 35.9 Å². The lowest BCUT2D eigenvalue weighted by Crippen LogP contribution is -2.44. The van der Waals surface area contributed by atoms with Crippen LogP contribution in [-0.4, -0.2) is 42.2 Å². The first-order valence-electron chi connectivity index (χ1n) is 6.98. The van der Waals surface area contributed by atoms with Crippen LogP contribution in [0.5, 0.6) is 5.75 Å². The number of aliphatic hydroxyl groups excluding tert-OH is 1. The molecule has 0 saturated heterocycles. The maximum absolute atomic E-state index is 12.2. The Morgan fingerprint density at radius 1 is 1.50 bits per heavy atom. The summed E-state index contributed by atoms with van der Waals surface area (Å²) < 4.78 is 5.15. The second kappa shape index (κ2) is 7.10. The van der Waals surface area contributed by atoms with Crippen molar-refractivity contribution in [1.82, 2.24) is 4.90 Å². The number of aliphatic hydroxyl groups is 1. The van der Waals surface area contributed by atoms with Crippen LogP contribution in [0, 0.1) is 0 Å². The van der Waals surface area contributed by atoms with Crippen molar-refractivity contribution in [2.75, 3.05) is 20.3 Å². The number of rotatable bonds is 6. The first-order chi connectivity index (χ1) is 9.74. The van der Waals surface area contributed by atoms with Gasteiger partial charge in [-0.1, -0.05) is 12.1 Å². The Balaban J connectivity index is 2.02. The van der Waals surface area contributed by atoms with Gasteiger partial charge < -0.3 is 14.7 Å². The van der Waals surface area contributed by atoms with E-state index < -0.39 is 0 Å². The first-order valence-corrected chi connectivity index (χ1v) is 6.98. The van der Waals surface area contributed by atoms with Crippen LogP contribution in [0.4, 0.5) is 0 Å². The third kappa shape index (κ3) is 3.61. The Hall–Kier alpha value is -1.81. The van der Waals surface area contributed by atoms with E-state index in [2.05, 4.69) is 0 Å². The molecule has 0 atom stereocenters. The van der Waals surface area contributed by atoms with Gasteiger partial charge in [-0.3, -0.25) is 4.79 Å². The quantitative estimate of drug-likeness (QED) is 0.809. The lowest BCUT2D eigenvalue weighted by Gasteiger charge is -2.36. The fourth-order valence-corrected chi connectivity index (χ4v) is 2.29. The minimum absolute atomic E-state index is 0.00917. The highest BCUT2D eigenvalue weighted by Crippen LogP contribution is 2.25. The summed E-state index contributed by atoms with van der Waals surface area (Å²) in [5, 5.41) is 9.07. The molecule has 1 aliphatic carbocycles. The second-order valence-electron chi connectivity index (χ2n) is 4.95. The summed E-state index contributed by atoms with van der Waals surface area (Å²) in [6.45, 7) is 0.418. The van der Waals surface area contributed by atoms with Crippen LogP contribution in [0.3, 0.4) is 0 Å². The van der Waals surface area contributed by atoms with Gasteiger partial charge in [-0.15, -0.1) is 0 Å². The van der Waals surface area contributed by atoms with Gasteiger partial charge in [0, 0.05) is 18.7 Å². The molecule has 1 saturated carbocycles. The second-order valence-corrected chi connectivity index (χ2v) is 4.95. The van der Waals surface area contributed by atoms with E-state index >= 15 is 0 Å². The van der Waals surface area contributed by atoms with E-state index in [0.29, 0.717) is 12.6 Å². The SMILES string of the molecule is COc1cccc(/C=C/C(=O)N(CCO)C2CCC2)c1. The van der Waals surface area contributed by atoms with Crippen molar-refractivity contribution < 1.29 is 14.6 Å². The number of benzene rings is 1. The minimum atomic E-state index is -0.0356. The molecule has 0 unspecified atom stereocenters. The van der Waals surface area contributed by atoms with Crippen molar-refractivity contribution in [3.63, 3.8) is 0 Å². The monoisotopic (exact) mass is 275 g/mol. The van der Waals surface area contributed by atoms with Gasteiger partial charge in [-0.2, -0.15) is 0 Å². The topological polar surface area (TPSA) is 49.8 Å². The molecular formula is C16H21NO3. The molecule has 4 nitrogen and oxygen atoms in total. The van der Waals surface area contributed by atoms with Crippen LogP contribution in [0.2, 0.25) is 0 Å². The van der Waals surface area contributed by atoms with Crippen LogP contribution in [0.15, 0.2) is 30.3 Å². The van der Waals surface area contributed by atoms with Crippen molar-refractivity contribution in [2.24, 2.45) is 0 Å². The van der Waals surface area contributed by atoms with E-state index in [4.69, 9.17) is 9.84 Å².